The summed E-state index contributed by atoms with van der Waals surface area (Å²) in [7, 11) is 1.69. The van der Waals surface area contributed by atoms with Gasteiger partial charge in [-0.3, -0.25) is 0 Å². The van der Waals surface area contributed by atoms with E-state index in [0.717, 1.165) is 49.8 Å². The lowest BCUT2D eigenvalue weighted by Gasteiger charge is -2.18. The van der Waals surface area contributed by atoms with E-state index in [9.17, 15) is 4.79 Å². The fourth-order valence-electron chi connectivity index (χ4n) is 4.42. The van der Waals surface area contributed by atoms with Crippen molar-refractivity contribution in [1.29, 1.82) is 0 Å². The number of carbonyl (C=O) groups excluding carboxylic acids is 1. The highest BCUT2D eigenvalue weighted by Crippen LogP contribution is 2.47. The molecule has 0 atom stereocenters. The van der Waals surface area contributed by atoms with Crippen LogP contribution in [0.3, 0.4) is 0 Å². The molecule has 0 bridgehead atoms. The number of hydrogen-bond donors (Lipinski definition) is 0. The summed E-state index contributed by atoms with van der Waals surface area (Å²) in [5.74, 6) is 0.759. The van der Waals surface area contributed by atoms with E-state index in [0.29, 0.717) is 6.61 Å². The third-order valence-corrected chi connectivity index (χ3v) is 5.72. The van der Waals surface area contributed by atoms with Gasteiger partial charge in [0, 0.05) is 21.9 Å². The molecule has 4 heteroatoms. The highest BCUT2D eigenvalue weighted by atomic mass is 16.5. The summed E-state index contributed by atoms with van der Waals surface area (Å²) in [6.45, 7) is 2.12. The summed E-state index contributed by atoms with van der Waals surface area (Å²) in [5.41, 5.74) is 5.53. The quantitative estimate of drug-likeness (QED) is 0.310. The second kappa shape index (κ2) is 8.23. The van der Waals surface area contributed by atoms with E-state index in [2.05, 4.69) is 24.3 Å². The lowest BCUT2D eigenvalue weighted by molar-refractivity contribution is 0.156. The van der Waals surface area contributed by atoms with E-state index >= 15 is 0 Å². The van der Waals surface area contributed by atoms with Crippen molar-refractivity contribution < 1.29 is 14.3 Å². The summed E-state index contributed by atoms with van der Waals surface area (Å²) in [5, 5.41) is 1.93. The minimum atomic E-state index is -0.389. The SMILES string of the molecule is CCOC(=O)n1c2ccccc2c2cc(OC)c(-c3ccccc3)c(-c3ccccc3)c21. The lowest BCUT2D eigenvalue weighted by Crippen LogP contribution is -2.13. The minimum Gasteiger partial charge on any atom is -0.496 e. The molecule has 0 aliphatic rings. The number of ether oxygens (including phenoxy) is 2. The maximum absolute atomic E-state index is 13.2. The van der Waals surface area contributed by atoms with Gasteiger partial charge in [-0.15, -0.1) is 0 Å². The molecule has 0 fully saturated rings. The maximum atomic E-state index is 13.2. The molecule has 0 aliphatic heterocycles. The predicted octanol–water partition coefficient (Wildman–Crippen LogP) is 7.14. The number of nitrogens with zero attached hydrogens (tertiary/aromatic N) is 1. The van der Waals surface area contributed by atoms with Crippen LogP contribution < -0.4 is 4.74 Å². The summed E-state index contributed by atoms with van der Waals surface area (Å²) in [6, 6.07) is 30.2. The van der Waals surface area contributed by atoms with Crippen molar-refractivity contribution >= 4 is 27.9 Å². The third-order valence-electron chi connectivity index (χ3n) is 5.72. The highest BCUT2D eigenvalue weighted by molar-refractivity contribution is 6.19. The first-order chi connectivity index (χ1) is 15.7. The molecule has 1 aromatic heterocycles. The third kappa shape index (κ3) is 3.12. The van der Waals surface area contributed by atoms with E-state index in [-0.39, 0.29) is 6.09 Å². The number of methoxy groups -OCH3 is 1. The fraction of sp³-hybridized carbons (Fsp3) is 0.107. The van der Waals surface area contributed by atoms with Gasteiger partial charge in [0.25, 0.3) is 0 Å². The number of carbonyl (C=O) groups is 1. The van der Waals surface area contributed by atoms with Gasteiger partial charge in [0.05, 0.1) is 24.8 Å². The smallest absolute Gasteiger partial charge is 0.418 e. The van der Waals surface area contributed by atoms with Gasteiger partial charge < -0.3 is 9.47 Å². The van der Waals surface area contributed by atoms with Gasteiger partial charge in [0.1, 0.15) is 5.75 Å². The number of rotatable bonds is 4. The molecule has 4 nitrogen and oxygen atoms in total. The number of hydrogen-bond acceptors (Lipinski definition) is 3. The first-order valence-electron chi connectivity index (χ1n) is 10.7. The van der Waals surface area contributed by atoms with Crippen molar-refractivity contribution in [3.05, 3.63) is 91.0 Å². The monoisotopic (exact) mass is 421 g/mol. The first-order valence-corrected chi connectivity index (χ1v) is 10.7. The Kier molecular flexibility index (Phi) is 5.12. The van der Waals surface area contributed by atoms with Gasteiger partial charge >= 0.3 is 6.09 Å². The lowest BCUT2D eigenvalue weighted by atomic mass is 9.91. The van der Waals surface area contributed by atoms with Crippen molar-refractivity contribution in [2.24, 2.45) is 0 Å². The van der Waals surface area contributed by atoms with Crippen LogP contribution in [-0.4, -0.2) is 24.4 Å². The molecule has 32 heavy (non-hydrogen) atoms. The number of aromatic nitrogens is 1. The Balaban J connectivity index is 2.04. The average molecular weight is 421 g/mol. The van der Waals surface area contributed by atoms with Crippen molar-refractivity contribution in [3.8, 4) is 28.0 Å². The van der Waals surface area contributed by atoms with E-state index in [1.165, 1.54) is 0 Å². The molecule has 158 valence electrons. The van der Waals surface area contributed by atoms with E-state index < -0.39 is 0 Å². The molecule has 1 heterocycles. The molecule has 0 amide bonds. The second-order valence-corrected chi connectivity index (χ2v) is 7.51. The van der Waals surface area contributed by atoms with Crippen molar-refractivity contribution in [2.75, 3.05) is 13.7 Å². The second-order valence-electron chi connectivity index (χ2n) is 7.51. The van der Waals surface area contributed by atoms with Gasteiger partial charge in [-0.05, 0) is 30.2 Å². The van der Waals surface area contributed by atoms with Gasteiger partial charge in [0.2, 0.25) is 0 Å². The Hall–Kier alpha value is -4.05. The number of fused-ring (bicyclic) bond motifs is 3. The Morgan fingerprint density at radius 2 is 1.38 bits per heavy atom. The molecule has 5 rings (SSSR count). The number of benzene rings is 4. The van der Waals surface area contributed by atoms with Crippen LogP contribution in [0.25, 0.3) is 44.1 Å². The topological polar surface area (TPSA) is 40.5 Å². The summed E-state index contributed by atoms with van der Waals surface area (Å²) in [4.78, 5) is 13.2. The molecular weight excluding hydrogens is 398 g/mol. The van der Waals surface area contributed by atoms with Crippen LogP contribution in [0, 0.1) is 0 Å². The predicted molar refractivity (Wildman–Crippen MR) is 129 cm³/mol. The molecular formula is C28H23NO3. The zero-order valence-electron chi connectivity index (χ0n) is 18.0. The highest BCUT2D eigenvalue weighted by Gasteiger charge is 2.25. The zero-order chi connectivity index (χ0) is 22.1. The normalized spacial score (nSPS) is 11.1. The average Bonchev–Trinajstić information content (AvgIpc) is 3.18. The van der Waals surface area contributed by atoms with Crippen LogP contribution in [0.1, 0.15) is 6.92 Å². The standard InChI is InChI=1S/C28H23NO3/c1-3-32-28(30)29-23-17-11-10-16-21(23)22-18-24(31-2)25(19-12-6-4-7-13-19)26(27(22)29)20-14-8-5-9-15-20/h4-18H,3H2,1-2H3. The largest absolute Gasteiger partial charge is 0.496 e. The summed E-state index contributed by atoms with van der Waals surface area (Å²) in [6.07, 6.45) is -0.389. The van der Waals surface area contributed by atoms with Crippen LogP contribution in [0.4, 0.5) is 4.79 Å². The molecule has 0 unspecified atom stereocenters. The van der Waals surface area contributed by atoms with Crippen LogP contribution in [0.15, 0.2) is 91.0 Å². The van der Waals surface area contributed by atoms with Gasteiger partial charge in [-0.2, -0.15) is 0 Å². The van der Waals surface area contributed by atoms with Gasteiger partial charge in [-0.1, -0.05) is 78.9 Å². The Bertz CT molecular complexity index is 1420. The van der Waals surface area contributed by atoms with Crippen molar-refractivity contribution in [3.63, 3.8) is 0 Å². The minimum absolute atomic E-state index is 0.301. The molecule has 0 saturated carbocycles. The molecule has 0 N–H and O–H groups in total. The number of para-hydroxylation sites is 1. The van der Waals surface area contributed by atoms with E-state index in [1.54, 1.807) is 11.7 Å². The van der Waals surface area contributed by atoms with Gasteiger partial charge in [0.15, 0.2) is 0 Å². The maximum Gasteiger partial charge on any atom is 0.418 e. The van der Waals surface area contributed by atoms with Crippen LogP contribution >= 0.6 is 0 Å². The molecule has 0 saturated heterocycles. The molecule has 4 aromatic carbocycles. The Morgan fingerprint density at radius 3 is 2.00 bits per heavy atom. The fourth-order valence-corrected chi connectivity index (χ4v) is 4.42. The van der Waals surface area contributed by atoms with Crippen molar-refractivity contribution in [2.45, 2.75) is 6.92 Å². The van der Waals surface area contributed by atoms with Crippen molar-refractivity contribution in [1.82, 2.24) is 4.57 Å². The molecule has 5 aromatic rings. The van der Waals surface area contributed by atoms with E-state index in [4.69, 9.17) is 9.47 Å². The summed E-state index contributed by atoms with van der Waals surface area (Å²) >= 11 is 0. The first kappa shape index (κ1) is 19.9. The van der Waals surface area contributed by atoms with Gasteiger partial charge in [-0.25, -0.2) is 9.36 Å². The molecule has 0 radical (unpaired) electrons. The van der Waals surface area contributed by atoms with E-state index in [1.807, 2.05) is 73.7 Å². The Labute approximate surface area is 186 Å². The Morgan fingerprint density at radius 1 is 0.781 bits per heavy atom. The summed E-state index contributed by atoms with van der Waals surface area (Å²) < 4.78 is 13.1. The van der Waals surface area contributed by atoms with Crippen LogP contribution in [-0.2, 0) is 4.74 Å². The van der Waals surface area contributed by atoms with Crippen LogP contribution in [0.2, 0.25) is 0 Å². The molecule has 0 spiro atoms. The molecule has 0 aliphatic carbocycles. The zero-order valence-corrected chi connectivity index (χ0v) is 18.0. The van der Waals surface area contributed by atoms with Crippen LogP contribution in [0.5, 0.6) is 5.75 Å².